The SMILES string of the molecule is CN1CC[C@@H](C(=O)N(Cc2ccsc2)c2ccccc2)CC1=O. The molecule has 120 valence electrons. The molecule has 1 atom stereocenters. The Morgan fingerprint density at radius 3 is 2.74 bits per heavy atom. The van der Waals surface area contributed by atoms with Crippen molar-refractivity contribution in [2.45, 2.75) is 19.4 Å². The molecule has 1 aliphatic heterocycles. The van der Waals surface area contributed by atoms with Crippen molar-refractivity contribution >= 4 is 28.8 Å². The van der Waals surface area contributed by atoms with Gasteiger partial charge in [0.05, 0.1) is 6.54 Å². The highest BCUT2D eigenvalue weighted by molar-refractivity contribution is 7.07. The van der Waals surface area contributed by atoms with Gasteiger partial charge in [-0.25, -0.2) is 0 Å². The summed E-state index contributed by atoms with van der Waals surface area (Å²) in [6, 6.07) is 11.7. The number of rotatable bonds is 4. The minimum atomic E-state index is -0.224. The third-order valence-electron chi connectivity index (χ3n) is 4.26. The third kappa shape index (κ3) is 3.62. The number of amides is 2. The molecule has 0 unspecified atom stereocenters. The summed E-state index contributed by atoms with van der Waals surface area (Å²) in [5.41, 5.74) is 2.00. The van der Waals surface area contributed by atoms with Crippen LogP contribution in [0.2, 0.25) is 0 Å². The maximum absolute atomic E-state index is 13.0. The van der Waals surface area contributed by atoms with Gasteiger partial charge in [-0.1, -0.05) is 18.2 Å². The monoisotopic (exact) mass is 328 g/mol. The Labute approximate surface area is 140 Å². The fourth-order valence-corrected chi connectivity index (χ4v) is 3.50. The van der Waals surface area contributed by atoms with Crippen molar-refractivity contribution in [2.24, 2.45) is 5.92 Å². The Kier molecular flexibility index (Phi) is 4.76. The minimum Gasteiger partial charge on any atom is -0.346 e. The Bertz CT molecular complexity index is 670. The van der Waals surface area contributed by atoms with Crippen LogP contribution in [0.5, 0.6) is 0 Å². The van der Waals surface area contributed by atoms with Gasteiger partial charge in [0, 0.05) is 31.6 Å². The number of nitrogens with zero attached hydrogens (tertiary/aromatic N) is 2. The smallest absolute Gasteiger partial charge is 0.230 e. The maximum atomic E-state index is 13.0. The molecule has 0 N–H and O–H groups in total. The van der Waals surface area contributed by atoms with Crippen LogP contribution < -0.4 is 4.90 Å². The van der Waals surface area contributed by atoms with Crippen molar-refractivity contribution in [1.29, 1.82) is 0 Å². The van der Waals surface area contributed by atoms with E-state index in [4.69, 9.17) is 0 Å². The Hall–Kier alpha value is -2.14. The molecule has 2 amide bonds. The van der Waals surface area contributed by atoms with E-state index in [-0.39, 0.29) is 17.7 Å². The summed E-state index contributed by atoms with van der Waals surface area (Å²) in [5, 5.41) is 4.07. The summed E-state index contributed by atoms with van der Waals surface area (Å²) in [4.78, 5) is 28.5. The normalized spacial score (nSPS) is 18.0. The van der Waals surface area contributed by atoms with Crippen molar-refractivity contribution in [3.05, 3.63) is 52.7 Å². The highest BCUT2D eigenvalue weighted by Gasteiger charge is 2.32. The van der Waals surface area contributed by atoms with Crippen LogP contribution in [0.1, 0.15) is 18.4 Å². The van der Waals surface area contributed by atoms with Crippen LogP contribution in [0.25, 0.3) is 0 Å². The number of para-hydroxylation sites is 1. The molecule has 0 bridgehead atoms. The molecule has 1 fully saturated rings. The van der Waals surface area contributed by atoms with Crippen LogP contribution in [0.4, 0.5) is 5.69 Å². The second kappa shape index (κ2) is 6.96. The van der Waals surface area contributed by atoms with E-state index in [0.717, 1.165) is 17.7 Å². The first-order chi connectivity index (χ1) is 11.1. The van der Waals surface area contributed by atoms with Crippen LogP contribution in [0, 0.1) is 5.92 Å². The van der Waals surface area contributed by atoms with Gasteiger partial charge in [-0.2, -0.15) is 11.3 Å². The summed E-state index contributed by atoms with van der Waals surface area (Å²) in [7, 11) is 1.79. The van der Waals surface area contributed by atoms with Gasteiger partial charge in [0.2, 0.25) is 11.8 Å². The molecule has 0 spiro atoms. The molecule has 0 aliphatic carbocycles. The largest absolute Gasteiger partial charge is 0.346 e. The molecule has 1 aliphatic rings. The van der Waals surface area contributed by atoms with E-state index in [0.29, 0.717) is 19.5 Å². The molecular formula is C18H20N2O2S. The van der Waals surface area contributed by atoms with Crippen LogP contribution in [0.3, 0.4) is 0 Å². The number of carbonyl (C=O) groups is 2. The second-order valence-corrected chi connectivity index (χ2v) is 6.68. The lowest BCUT2D eigenvalue weighted by atomic mass is 9.94. The van der Waals surface area contributed by atoms with Gasteiger partial charge in [0.1, 0.15) is 0 Å². The molecule has 4 nitrogen and oxygen atoms in total. The van der Waals surface area contributed by atoms with E-state index >= 15 is 0 Å². The van der Waals surface area contributed by atoms with Crippen molar-refractivity contribution in [1.82, 2.24) is 4.90 Å². The first-order valence-corrected chi connectivity index (χ1v) is 8.71. The molecule has 2 aromatic rings. The van der Waals surface area contributed by atoms with Crippen LogP contribution in [-0.4, -0.2) is 30.3 Å². The Morgan fingerprint density at radius 1 is 1.30 bits per heavy atom. The number of hydrogen-bond donors (Lipinski definition) is 0. The standard InChI is InChI=1S/C18H20N2O2S/c1-19-9-7-15(11-17(19)21)18(22)20(12-14-8-10-23-13-14)16-5-3-2-4-6-16/h2-6,8,10,13,15H,7,9,11-12H2,1H3/t15-/m1/s1. The molecule has 23 heavy (non-hydrogen) atoms. The van der Waals surface area contributed by atoms with E-state index in [1.54, 1.807) is 23.3 Å². The number of hydrogen-bond acceptors (Lipinski definition) is 3. The lowest BCUT2D eigenvalue weighted by Gasteiger charge is -2.32. The van der Waals surface area contributed by atoms with Crippen LogP contribution in [0.15, 0.2) is 47.2 Å². The quantitative estimate of drug-likeness (QED) is 0.865. The second-order valence-electron chi connectivity index (χ2n) is 5.90. The molecule has 1 saturated heterocycles. The van der Waals surface area contributed by atoms with E-state index in [1.165, 1.54) is 0 Å². The first-order valence-electron chi connectivity index (χ1n) is 7.76. The average molecular weight is 328 g/mol. The van der Waals surface area contributed by atoms with Gasteiger partial charge < -0.3 is 9.80 Å². The highest BCUT2D eigenvalue weighted by Crippen LogP contribution is 2.25. The highest BCUT2D eigenvalue weighted by atomic mass is 32.1. The fourth-order valence-electron chi connectivity index (χ4n) is 2.84. The van der Waals surface area contributed by atoms with Crippen molar-refractivity contribution in [3.63, 3.8) is 0 Å². The van der Waals surface area contributed by atoms with Crippen molar-refractivity contribution < 1.29 is 9.59 Å². The predicted octanol–water partition coefficient (Wildman–Crippen LogP) is 3.15. The number of piperidine rings is 1. The van der Waals surface area contributed by atoms with Crippen LogP contribution in [-0.2, 0) is 16.1 Å². The molecular weight excluding hydrogens is 308 g/mol. The topological polar surface area (TPSA) is 40.6 Å². The van der Waals surface area contributed by atoms with Gasteiger partial charge in [-0.15, -0.1) is 0 Å². The zero-order valence-corrected chi connectivity index (χ0v) is 14.0. The van der Waals surface area contributed by atoms with E-state index in [1.807, 2.05) is 46.7 Å². The number of carbonyl (C=O) groups excluding carboxylic acids is 2. The summed E-state index contributed by atoms with van der Waals surface area (Å²) in [6.07, 6.45) is 1.04. The lowest BCUT2D eigenvalue weighted by Crippen LogP contribution is -2.43. The summed E-state index contributed by atoms with van der Waals surface area (Å²) in [6.45, 7) is 1.20. The third-order valence-corrected chi connectivity index (χ3v) is 5.00. The zero-order valence-electron chi connectivity index (χ0n) is 13.1. The molecule has 1 aromatic carbocycles. The van der Waals surface area contributed by atoms with E-state index in [2.05, 4.69) is 5.38 Å². The molecule has 1 aromatic heterocycles. The first kappa shape index (κ1) is 15.7. The summed E-state index contributed by atoms with van der Waals surface area (Å²) < 4.78 is 0. The lowest BCUT2D eigenvalue weighted by molar-refractivity contribution is -0.138. The number of thiophene rings is 1. The van der Waals surface area contributed by atoms with Gasteiger partial charge >= 0.3 is 0 Å². The predicted molar refractivity (Wildman–Crippen MR) is 92.3 cm³/mol. The molecule has 0 radical (unpaired) electrons. The summed E-state index contributed by atoms with van der Waals surface area (Å²) >= 11 is 1.63. The van der Waals surface area contributed by atoms with E-state index in [9.17, 15) is 9.59 Å². The van der Waals surface area contributed by atoms with Crippen molar-refractivity contribution in [3.8, 4) is 0 Å². The molecule has 5 heteroatoms. The number of benzene rings is 1. The fraction of sp³-hybridized carbons (Fsp3) is 0.333. The number of anilines is 1. The molecule has 2 heterocycles. The zero-order chi connectivity index (χ0) is 16.2. The summed E-state index contributed by atoms with van der Waals surface area (Å²) in [5.74, 6) is -0.125. The van der Waals surface area contributed by atoms with E-state index < -0.39 is 0 Å². The van der Waals surface area contributed by atoms with Crippen molar-refractivity contribution in [2.75, 3.05) is 18.5 Å². The molecule has 3 rings (SSSR count). The minimum absolute atomic E-state index is 0.0452. The average Bonchev–Trinajstić information content (AvgIpc) is 3.08. The van der Waals surface area contributed by atoms with Gasteiger partial charge in [-0.05, 0) is 40.9 Å². The van der Waals surface area contributed by atoms with Gasteiger partial charge in [0.15, 0.2) is 0 Å². The maximum Gasteiger partial charge on any atom is 0.230 e. The Balaban J connectivity index is 1.82. The van der Waals surface area contributed by atoms with Gasteiger partial charge in [-0.3, -0.25) is 9.59 Å². The van der Waals surface area contributed by atoms with Crippen LogP contribution >= 0.6 is 11.3 Å². The Morgan fingerprint density at radius 2 is 2.09 bits per heavy atom. The number of likely N-dealkylation sites (tertiary alicyclic amines) is 1. The van der Waals surface area contributed by atoms with Gasteiger partial charge in [0.25, 0.3) is 0 Å². The molecule has 0 saturated carbocycles.